The van der Waals surface area contributed by atoms with Gasteiger partial charge in [-0.1, -0.05) is 30.7 Å². The summed E-state index contributed by atoms with van der Waals surface area (Å²) in [6.07, 6.45) is 9.14. The number of pyridine rings is 1. The normalized spacial score (nSPS) is 13.6. The monoisotopic (exact) mass is 429 g/mol. The third-order valence-electron chi connectivity index (χ3n) is 5.07. The maximum absolute atomic E-state index is 13.0. The van der Waals surface area contributed by atoms with E-state index in [0.717, 1.165) is 36.4 Å². The second-order valence-corrected chi connectivity index (χ2v) is 7.50. The van der Waals surface area contributed by atoms with Crippen LogP contribution in [0.4, 0.5) is 5.82 Å². The average Bonchev–Trinajstić information content (AvgIpc) is 3.13. The van der Waals surface area contributed by atoms with E-state index >= 15 is 0 Å². The Labute approximate surface area is 181 Å². The number of rotatable bonds is 9. The summed E-state index contributed by atoms with van der Waals surface area (Å²) in [7, 11) is 1.76. The fourth-order valence-corrected chi connectivity index (χ4v) is 3.68. The zero-order chi connectivity index (χ0) is 21.5. The molecule has 0 fully saturated rings. The van der Waals surface area contributed by atoms with Crippen molar-refractivity contribution in [3.8, 4) is 0 Å². The summed E-state index contributed by atoms with van der Waals surface area (Å²) in [6, 6.07) is 3.65. The van der Waals surface area contributed by atoms with Crippen LogP contribution in [0.3, 0.4) is 0 Å². The van der Waals surface area contributed by atoms with Gasteiger partial charge >= 0.3 is 0 Å². The van der Waals surface area contributed by atoms with Crippen molar-refractivity contribution in [1.29, 1.82) is 0 Å². The van der Waals surface area contributed by atoms with Gasteiger partial charge < -0.3 is 20.3 Å². The van der Waals surface area contributed by atoms with Crippen LogP contribution in [0, 0.1) is 0 Å². The summed E-state index contributed by atoms with van der Waals surface area (Å²) in [5, 5.41) is 15.6. The Morgan fingerprint density at radius 3 is 2.87 bits per heavy atom. The molecule has 2 aromatic heterocycles. The van der Waals surface area contributed by atoms with Crippen molar-refractivity contribution < 1.29 is 9.90 Å². The Balaban J connectivity index is 2.11. The van der Waals surface area contributed by atoms with E-state index in [1.165, 1.54) is 5.57 Å². The van der Waals surface area contributed by atoms with Crippen molar-refractivity contribution in [3.05, 3.63) is 58.3 Å². The predicted octanol–water partition coefficient (Wildman–Crippen LogP) is 3.65. The van der Waals surface area contributed by atoms with Gasteiger partial charge in [0.05, 0.1) is 17.3 Å². The largest absolute Gasteiger partial charge is 0.396 e. The molecule has 0 saturated heterocycles. The molecule has 8 heteroatoms. The molecule has 0 saturated carbocycles. The van der Waals surface area contributed by atoms with E-state index in [2.05, 4.69) is 34.7 Å². The fraction of sp³-hybridized carbons (Fsp3) is 0.409. The molecular formula is C22H28ClN5O2. The van der Waals surface area contributed by atoms with Crippen LogP contribution in [0.5, 0.6) is 0 Å². The number of hydrogen-bond donors (Lipinski definition) is 3. The van der Waals surface area contributed by atoms with Gasteiger partial charge in [-0.15, -0.1) is 0 Å². The fourth-order valence-electron chi connectivity index (χ4n) is 3.57. The highest BCUT2D eigenvalue weighted by Crippen LogP contribution is 2.33. The Kier molecular flexibility index (Phi) is 7.65. The number of nitrogens with one attached hydrogen (secondary N) is 2. The van der Waals surface area contributed by atoms with Crippen molar-refractivity contribution in [1.82, 2.24) is 19.9 Å². The zero-order valence-electron chi connectivity index (χ0n) is 17.4. The molecule has 1 aliphatic carbocycles. The van der Waals surface area contributed by atoms with E-state index < -0.39 is 0 Å². The number of anilines is 1. The molecule has 3 rings (SSSR count). The first kappa shape index (κ1) is 22.1. The van der Waals surface area contributed by atoms with E-state index in [0.29, 0.717) is 36.0 Å². The number of halogens is 1. The number of carbonyl (C=O) groups excluding carboxylic acids is 1. The first-order chi connectivity index (χ1) is 14.6. The minimum Gasteiger partial charge on any atom is -0.396 e. The smallest absolute Gasteiger partial charge is 0.271 e. The molecule has 160 valence electrons. The summed E-state index contributed by atoms with van der Waals surface area (Å²) >= 11 is 5.99. The van der Waals surface area contributed by atoms with E-state index in [1.807, 2.05) is 10.6 Å². The number of imidazole rings is 1. The second kappa shape index (κ2) is 10.4. The lowest BCUT2D eigenvalue weighted by Crippen LogP contribution is -2.28. The van der Waals surface area contributed by atoms with Crippen molar-refractivity contribution in [2.24, 2.45) is 0 Å². The van der Waals surface area contributed by atoms with Gasteiger partial charge in [0.25, 0.3) is 5.91 Å². The van der Waals surface area contributed by atoms with Gasteiger partial charge in [-0.25, -0.2) is 4.98 Å². The molecule has 1 amide bonds. The molecule has 0 aliphatic heterocycles. The van der Waals surface area contributed by atoms with E-state index in [-0.39, 0.29) is 12.5 Å². The third-order valence-corrected chi connectivity index (χ3v) is 5.29. The molecule has 30 heavy (non-hydrogen) atoms. The van der Waals surface area contributed by atoms with Gasteiger partial charge in [0, 0.05) is 26.4 Å². The molecule has 2 heterocycles. The molecule has 0 atom stereocenters. The number of hydrogen-bond acceptors (Lipinski definition) is 5. The molecule has 2 aromatic rings. The second-order valence-electron chi connectivity index (χ2n) is 7.07. The molecule has 3 N–H and O–H groups in total. The number of allylic oxidation sites excluding steroid dienone is 4. The van der Waals surface area contributed by atoms with Crippen LogP contribution in [-0.2, 0) is 6.54 Å². The van der Waals surface area contributed by atoms with Gasteiger partial charge in [0.2, 0.25) is 0 Å². The summed E-state index contributed by atoms with van der Waals surface area (Å²) in [6.45, 7) is 2.94. The number of amides is 1. The van der Waals surface area contributed by atoms with Crippen molar-refractivity contribution in [2.75, 3.05) is 25.5 Å². The molecule has 0 aromatic carbocycles. The lowest BCUT2D eigenvalue weighted by atomic mass is 9.95. The van der Waals surface area contributed by atoms with E-state index in [1.54, 1.807) is 19.3 Å². The minimum absolute atomic E-state index is 0.0253. The van der Waals surface area contributed by atoms with Gasteiger partial charge in [-0.3, -0.25) is 9.78 Å². The standard InChI is InChI=1S/C22H28ClN5O2/c1-3-15-7-4-5-8-18(15)21-27-20(24-2)19(22(30)25-11-6-12-29)28(21)14-17-10-9-16(23)13-26-17/h4,7,9-10,13,24,29H,3,5-6,8,11-12,14H2,1-2H3,(H,25,30). The third kappa shape index (κ3) is 4.91. The molecule has 1 aliphatic rings. The quantitative estimate of drug-likeness (QED) is 0.529. The highest BCUT2D eigenvalue weighted by Gasteiger charge is 2.26. The molecule has 0 radical (unpaired) electrons. The minimum atomic E-state index is -0.231. The predicted molar refractivity (Wildman–Crippen MR) is 120 cm³/mol. The maximum Gasteiger partial charge on any atom is 0.271 e. The first-order valence-corrected chi connectivity index (χ1v) is 10.6. The van der Waals surface area contributed by atoms with E-state index in [9.17, 15) is 4.79 Å². The zero-order valence-corrected chi connectivity index (χ0v) is 18.2. The van der Waals surface area contributed by atoms with Crippen LogP contribution >= 0.6 is 11.6 Å². The van der Waals surface area contributed by atoms with Crippen LogP contribution in [0.1, 0.15) is 54.6 Å². The number of carbonyl (C=O) groups is 1. The lowest BCUT2D eigenvalue weighted by molar-refractivity contribution is 0.0943. The topological polar surface area (TPSA) is 92.1 Å². The van der Waals surface area contributed by atoms with Crippen molar-refractivity contribution in [2.45, 2.75) is 39.2 Å². The highest BCUT2D eigenvalue weighted by molar-refractivity contribution is 6.30. The van der Waals surface area contributed by atoms with Crippen molar-refractivity contribution >= 4 is 28.9 Å². The Morgan fingerprint density at radius 2 is 2.20 bits per heavy atom. The van der Waals surface area contributed by atoms with Gasteiger partial charge in [0.1, 0.15) is 5.82 Å². The van der Waals surface area contributed by atoms with Crippen molar-refractivity contribution in [3.63, 3.8) is 0 Å². The Morgan fingerprint density at radius 1 is 1.37 bits per heavy atom. The summed E-state index contributed by atoms with van der Waals surface area (Å²) in [4.78, 5) is 22.3. The highest BCUT2D eigenvalue weighted by atomic mass is 35.5. The van der Waals surface area contributed by atoms with Crippen LogP contribution in [0.2, 0.25) is 5.02 Å². The maximum atomic E-state index is 13.0. The van der Waals surface area contributed by atoms with Crippen LogP contribution in [-0.4, -0.2) is 45.7 Å². The number of nitrogens with zero attached hydrogens (tertiary/aromatic N) is 3. The summed E-state index contributed by atoms with van der Waals surface area (Å²) < 4.78 is 1.93. The van der Waals surface area contributed by atoms with Crippen LogP contribution in [0.25, 0.3) is 5.57 Å². The molecular weight excluding hydrogens is 402 g/mol. The van der Waals surface area contributed by atoms with Gasteiger partial charge in [-0.2, -0.15) is 0 Å². The first-order valence-electron chi connectivity index (χ1n) is 10.3. The summed E-state index contributed by atoms with van der Waals surface area (Å²) in [5.74, 6) is 1.08. The molecule has 0 bridgehead atoms. The van der Waals surface area contributed by atoms with E-state index in [4.69, 9.17) is 21.7 Å². The number of aliphatic hydroxyl groups excluding tert-OH is 1. The van der Waals surface area contributed by atoms with Gasteiger partial charge in [-0.05, 0) is 49.0 Å². The SMILES string of the molecule is CCC1=C(c2nc(NC)c(C(=O)NCCCO)n2Cc2ccc(Cl)cn2)CCC=C1. The number of aliphatic hydroxyl groups is 1. The Bertz CT molecular complexity index is 947. The number of aromatic nitrogens is 3. The van der Waals surface area contributed by atoms with Crippen LogP contribution < -0.4 is 10.6 Å². The molecule has 0 unspecified atom stereocenters. The van der Waals surface area contributed by atoms with Crippen LogP contribution in [0.15, 0.2) is 36.1 Å². The Hall–Kier alpha value is -2.64. The summed E-state index contributed by atoms with van der Waals surface area (Å²) in [5.41, 5.74) is 3.63. The van der Waals surface area contributed by atoms with Gasteiger partial charge in [0.15, 0.2) is 11.5 Å². The molecule has 7 nitrogen and oxygen atoms in total. The average molecular weight is 430 g/mol. The molecule has 0 spiro atoms. The lowest BCUT2D eigenvalue weighted by Gasteiger charge is -2.18.